The van der Waals surface area contributed by atoms with Gasteiger partial charge in [0, 0.05) is 12.6 Å². The summed E-state index contributed by atoms with van der Waals surface area (Å²) >= 11 is 1.23. The Bertz CT molecular complexity index is 1190. The lowest BCUT2D eigenvalue weighted by atomic mass is 9.88. The van der Waals surface area contributed by atoms with Crippen LogP contribution in [-0.4, -0.2) is 55.9 Å². The fourth-order valence-corrected chi connectivity index (χ4v) is 4.80. The molecule has 1 saturated heterocycles. The number of carbonyl (C=O) groups excluding carboxylic acids is 1. The summed E-state index contributed by atoms with van der Waals surface area (Å²) in [6.45, 7) is 2.16. The number of rotatable bonds is 5. The molecule has 2 atom stereocenters. The van der Waals surface area contributed by atoms with Gasteiger partial charge in [-0.1, -0.05) is 13.0 Å². The van der Waals surface area contributed by atoms with E-state index in [1.807, 2.05) is 0 Å². The van der Waals surface area contributed by atoms with Gasteiger partial charge in [0.25, 0.3) is 11.8 Å². The minimum atomic E-state index is -4.66. The summed E-state index contributed by atoms with van der Waals surface area (Å²) < 4.78 is 72.6. The third-order valence-corrected chi connectivity index (χ3v) is 6.49. The van der Waals surface area contributed by atoms with Crippen molar-refractivity contribution in [3.05, 3.63) is 53.2 Å². The molecule has 0 unspecified atom stereocenters. The Morgan fingerprint density at radius 1 is 1.23 bits per heavy atom. The van der Waals surface area contributed by atoms with E-state index < -0.39 is 48.6 Å². The topological polar surface area (TPSA) is 81.1 Å². The number of alkyl halides is 5. The van der Waals surface area contributed by atoms with Crippen molar-refractivity contribution in [2.75, 3.05) is 13.2 Å². The van der Waals surface area contributed by atoms with Crippen molar-refractivity contribution in [2.24, 2.45) is 5.92 Å². The van der Waals surface area contributed by atoms with E-state index in [1.165, 1.54) is 11.3 Å². The summed E-state index contributed by atoms with van der Waals surface area (Å²) in [7, 11) is 0. The first-order chi connectivity index (χ1) is 16.4. The minimum Gasteiger partial charge on any atom is -0.474 e. The largest absolute Gasteiger partial charge is 0.474 e. The molecule has 3 aromatic rings. The molecular weight excluding hydrogens is 493 g/mol. The molecule has 7 nitrogen and oxygen atoms in total. The Hall–Kier alpha value is -3.22. The molecule has 1 aliphatic heterocycles. The van der Waals surface area contributed by atoms with Crippen LogP contribution in [0, 0.1) is 12.8 Å². The maximum atomic E-state index is 14.5. The summed E-state index contributed by atoms with van der Waals surface area (Å²) in [4.78, 5) is 30.4. The quantitative estimate of drug-likeness (QED) is 0.452. The van der Waals surface area contributed by atoms with Gasteiger partial charge in [0.05, 0.1) is 40.6 Å². The van der Waals surface area contributed by atoms with Crippen LogP contribution in [0.4, 0.5) is 22.0 Å². The lowest BCUT2D eigenvalue weighted by molar-refractivity contribution is -0.141. The van der Waals surface area contributed by atoms with Gasteiger partial charge in [-0.15, -0.1) is 11.3 Å². The number of likely N-dealkylation sites (tertiary alicyclic amines) is 1. The van der Waals surface area contributed by atoms with Crippen LogP contribution in [0.5, 0.6) is 5.88 Å². The van der Waals surface area contributed by atoms with Crippen LogP contribution in [0.25, 0.3) is 10.6 Å². The van der Waals surface area contributed by atoms with E-state index in [2.05, 4.69) is 19.9 Å². The zero-order valence-corrected chi connectivity index (χ0v) is 19.4. The molecule has 4 rings (SSSR count). The monoisotopic (exact) mass is 513 g/mol. The summed E-state index contributed by atoms with van der Waals surface area (Å²) in [6, 6.07) is 4.35. The van der Waals surface area contributed by atoms with Gasteiger partial charge in [0.1, 0.15) is 12.3 Å². The molecule has 1 aliphatic rings. The van der Waals surface area contributed by atoms with Crippen molar-refractivity contribution in [1.82, 2.24) is 24.8 Å². The Labute approximate surface area is 201 Å². The molecule has 1 fully saturated rings. The van der Waals surface area contributed by atoms with E-state index in [0.29, 0.717) is 21.8 Å². The van der Waals surface area contributed by atoms with Gasteiger partial charge in [-0.25, -0.2) is 23.7 Å². The molecule has 0 N–H and O–H groups in total. The Morgan fingerprint density at radius 2 is 2.00 bits per heavy atom. The van der Waals surface area contributed by atoms with E-state index >= 15 is 0 Å². The molecule has 186 valence electrons. The molecular formula is C22H20F5N5O2S. The fraction of sp³-hybridized carbons (Fsp3) is 0.409. The highest BCUT2D eigenvalue weighted by atomic mass is 32.1. The number of pyridine rings is 1. The van der Waals surface area contributed by atoms with Gasteiger partial charge in [-0.3, -0.25) is 9.78 Å². The van der Waals surface area contributed by atoms with Crippen LogP contribution >= 0.6 is 11.3 Å². The molecule has 4 heterocycles. The molecule has 0 aliphatic carbocycles. The number of aryl methyl sites for hydroxylation is 1. The van der Waals surface area contributed by atoms with Crippen LogP contribution in [0.3, 0.4) is 0 Å². The number of amides is 1. The lowest BCUT2D eigenvalue weighted by Gasteiger charge is -2.42. The van der Waals surface area contributed by atoms with E-state index in [0.717, 1.165) is 11.1 Å². The van der Waals surface area contributed by atoms with Crippen molar-refractivity contribution in [1.29, 1.82) is 0 Å². The van der Waals surface area contributed by atoms with Gasteiger partial charge in [-0.2, -0.15) is 13.2 Å². The van der Waals surface area contributed by atoms with E-state index in [4.69, 9.17) is 4.74 Å². The minimum absolute atomic E-state index is 0.00965. The van der Waals surface area contributed by atoms with Gasteiger partial charge in [-0.05, 0) is 25.0 Å². The van der Waals surface area contributed by atoms with Crippen LogP contribution in [0.2, 0.25) is 0 Å². The molecule has 35 heavy (non-hydrogen) atoms. The molecule has 1 amide bonds. The third-order valence-electron chi connectivity index (χ3n) is 5.50. The van der Waals surface area contributed by atoms with Crippen LogP contribution in [0.15, 0.2) is 36.8 Å². The van der Waals surface area contributed by atoms with Crippen LogP contribution < -0.4 is 4.74 Å². The third kappa shape index (κ3) is 5.55. The van der Waals surface area contributed by atoms with Gasteiger partial charge in [0.2, 0.25) is 5.88 Å². The fourth-order valence-electron chi connectivity index (χ4n) is 3.91. The smallest absolute Gasteiger partial charge is 0.434 e. The van der Waals surface area contributed by atoms with Crippen molar-refractivity contribution >= 4 is 17.2 Å². The second-order valence-electron chi connectivity index (χ2n) is 8.21. The number of carbonyl (C=O) groups is 1. The SMILES string of the molecule is Cc1nc(C(=O)N2CC(F)(F)C[C@@H](C)[C@H]2COc2cnc(C(F)(F)F)cn2)c(-c2ccccn2)s1. The first kappa shape index (κ1) is 24.9. The number of hydrogen-bond donors (Lipinski definition) is 0. The van der Waals surface area contributed by atoms with Gasteiger partial charge >= 0.3 is 6.18 Å². The first-order valence-corrected chi connectivity index (χ1v) is 11.4. The molecule has 0 aromatic carbocycles. The highest BCUT2D eigenvalue weighted by Crippen LogP contribution is 2.37. The number of piperidine rings is 1. The van der Waals surface area contributed by atoms with Crippen molar-refractivity contribution in [3.8, 4) is 16.5 Å². The predicted molar refractivity (Wildman–Crippen MR) is 116 cm³/mol. The summed E-state index contributed by atoms with van der Waals surface area (Å²) in [5.74, 6) is -4.72. The summed E-state index contributed by atoms with van der Waals surface area (Å²) in [5.41, 5.74) is -0.685. The molecule has 3 aromatic heterocycles. The standard InChI is InChI=1S/C22H20F5N5O2S/c1-12-7-21(23,24)11-32(15(12)10-34-17-9-29-16(8-30-17)22(25,26)27)20(33)18-19(35-13(2)31-18)14-5-3-4-6-28-14/h3-6,8-9,12,15H,7,10-11H2,1-2H3/t12-,15-/m1/s1. The lowest BCUT2D eigenvalue weighted by Crippen LogP contribution is -2.57. The second kappa shape index (κ2) is 9.44. The van der Waals surface area contributed by atoms with Crippen molar-refractivity contribution in [3.63, 3.8) is 0 Å². The Kier molecular flexibility index (Phi) is 6.71. The molecule has 0 radical (unpaired) electrons. The molecule has 0 bridgehead atoms. The molecule has 13 heteroatoms. The molecule has 0 saturated carbocycles. The number of halogens is 5. The second-order valence-corrected chi connectivity index (χ2v) is 9.42. The highest BCUT2D eigenvalue weighted by Gasteiger charge is 2.47. The zero-order valence-electron chi connectivity index (χ0n) is 18.6. The summed E-state index contributed by atoms with van der Waals surface area (Å²) in [6.07, 6.45) is -2.26. The number of thiazole rings is 1. The maximum Gasteiger partial charge on any atom is 0.434 e. The van der Waals surface area contributed by atoms with Crippen molar-refractivity contribution in [2.45, 2.75) is 38.4 Å². The Morgan fingerprint density at radius 3 is 2.63 bits per heavy atom. The first-order valence-electron chi connectivity index (χ1n) is 10.5. The van der Waals surface area contributed by atoms with Crippen molar-refractivity contribution < 1.29 is 31.5 Å². The van der Waals surface area contributed by atoms with E-state index in [-0.39, 0.29) is 18.2 Å². The number of nitrogens with zero attached hydrogens (tertiary/aromatic N) is 5. The van der Waals surface area contributed by atoms with E-state index in [1.54, 1.807) is 38.2 Å². The zero-order chi connectivity index (χ0) is 25.4. The average Bonchev–Trinajstić information content (AvgIpc) is 3.19. The maximum absolute atomic E-state index is 14.5. The highest BCUT2D eigenvalue weighted by molar-refractivity contribution is 7.15. The molecule has 0 spiro atoms. The summed E-state index contributed by atoms with van der Waals surface area (Å²) in [5, 5.41) is 0.568. The van der Waals surface area contributed by atoms with Gasteiger partial charge in [0.15, 0.2) is 5.69 Å². The number of aromatic nitrogens is 4. The van der Waals surface area contributed by atoms with Crippen LogP contribution in [-0.2, 0) is 6.18 Å². The number of ether oxygens (including phenoxy) is 1. The predicted octanol–water partition coefficient (Wildman–Crippen LogP) is 4.89. The number of hydrogen-bond acceptors (Lipinski definition) is 7. The normalized spacial score (nSPS) is 20.0. The average molecular weight is 513 g/mol. The Balaban J connectivity index is 1.60. The van der Waals surface area contributed by atoms with Crippen LogP contribution in [0.1, 0.15) is 34.5 Å². The van der Waals surface area contributed by atoms with E-state index in [9.17, 15) is 26.7 Å². The van der Waals surface area contributed by atoms with Gasteiger partial charge < -0.3 is 9.64 Å².